The van der Waals surface area contributed by atoms with E-state index in [0.29, 0.717) is 31.5 Å². The Morgan fingerprint density at radius 1 is 1.26 bits per heavy atom. The lowest BCUT2D eigenvalue weighted by Crippen LogP contribution is -2.42. The highest BCUT2D eigenvalue weighted by molar-refractivity contribution is 7.91. The minimum absolute atomic E-state index is 0.0155. The number of carbonyl (C=O) groups excluding carboxylic acids is 1. The second-order valence-corrected chi connectivity index (χ2v) is 10.0. The van der Waals surface area contributed by atoms with Crippen molar-refractivity contribution in [2.45, 2.75) is 30.2 Å². The van der Waals surface area contributed by atoms with Crippen LogP contribution in [0.1, 0.15) is 28.2 Å². The van der Waals surface area contributed by atoms with Gasteiger partial charge in [0, 0.05) is 25.7 Å². The Labute approximate surface area is 160 Å². The van der Waals surface area contributed by atoms with Gasteiger partial charge in [-0.2, -0.15) is 0 Å². The predicted molar refractivity (Wildman–Crippen MR) is 101 cm³/mol. The number of aromatic nitrogens is 4. The standard InChI is InChI=1S/C17H19N5O3S2/c1-11-19-14-4-3-12(9-15(14)26-11)16(23)22-7-5-13(6-8-22)27(24,25)17-20-18-10-21(17)2/h3-4,9-10,13H,5-8H2,1-2H3. The van der Waals surface area contributed by atoms with Gasteiger partial charge in [0.2, 0.25) is 15.0 Å². The quantitative estimate of drug-likeness (QED) is 0.659. The third kappa shape index (κ3) is 3.23. The molecule has 0 radical (unpaired) electrons. The summed E-state index contributed by atoms with van der Waals surface area (Å²) in [7, 11) is -1.93. The number of hydrogen-bond donors (Lipinski definition) is 0. The van der Waals surface area contributed by atoms with Gasteiger partial charge in [0.15, 0.2) is 0 Å². The second kappa shape index (κ2) is 6.68. The first kappa shape index (κ1) is 18.1. The van der Waals surface area contributed by atoms with Gasteiger partial charge in [-0.25, -0.2) is 13.4 Å². The van der Waals surface area contributed by atoms with E-state index in [1.807, 2.05) is 19.1 Å². The number of aryl methyl sites for hydroxylation is 2. The molecule has 1 aliphatic heterocycles. The van der Waals surface area contributed by atoms with Gasteiger partial charge in [0.1, 0.15) is 6.33 Å². The van der Waals surface area contributed by atoms with Crippen molar-refractivity contribution >= 4 is 37.3 Å². The molecule has 1 aliphatic rings. The molecular weight excluding hydrogens is 386 g/mol. The van der Waals surface area contributed by atoms with Gasteiger partial charge in [-0.1, -0.05) is 0 Å². The average molecular weight is 406 g/mol. The number of rotatable bonds is 3. The SMILES string of the molecule is Cc1nc2ccc(C(=O)N3CCC(S(=O)(=O)c4nncn4C)CC3)cc2s1. The molecule has 4 rings (SSSR count). The molecule has 142 valence electrons. The lowest BCUT2D eigenvalue weighted by molar-refractivity contribution is 0.0725. The van der Waals surface area contributed by atoms with Crippen LogP contribution in [0.5, 0.6) is 0 Å². The molecule has 2 aromatic heterocycles. The molecule has 10 heteroatoms. The maximum absolute atomic E-state index is 12.8. The van der Waals surface area contributed by atoms with Gasteiger partial charge in [-0.05, 0) is 38.0 Å². The summed E-state index contributed by atoms with van der Waals surface area (Å²) in [5.74, 6) is -0.0718. The van der Waals surface area contributed by atoms with Crippen molar-refractivity contribution in [1.29, 1.82) is 0 Å². The summed E-state index contributed by atoms with van der Waals surface area (Å²) >= 11 is 1.56. The maximum Gasteiger partial charge on any atom is 0.253 e. The van der Waals surface area contributed by atoms with Crippen LogP contribution in [0.2, 0.25) is 0 Å². The van der Waals surface area contributed by atoms with Gasteiger partial charge in [0.25, 0.3) is 5.91 Å². The zero-order valence-electron chi connectivity index (χ0n) is 15.0. The molecule has 1 amide bonds. The highest BCUT2D eigenvalue weighted by Gasteiger charge is 2.35. The summed E-state index contributed by atoms with van der Waals surface area (Å²) in [4.78, 5) is 19.0. The highest BCUT2D eigenvalue weighted by atomic mass is 32.2. The predicted octanol–water partition coefficient (Wildman–Crippen LogP) is 1.81. The van der Waals surface area contributed by atoms with Crippen LogP contribution >= 0.6 is 11.3 Å². The molecule has 0 atom stereocenters. The third-order valence-electron chi connectivity index (χ3n) is 4.83. The molecule has 3 aromatic rings. The first-order valence-corrected chi connectivity index (χ1v) is 11.0. The Morgan fingerprint density at radius 3 is 2.67 bits per heavy atom. The molecule has 8 nitrogen and oxygen atoms in total. The minimum Gasteiger partial charge on any atom is -0.339 e. The summed E-state index contributed by atoms with van der Waals surface area (Å²) in [5.41, 5.74) is 1.50. The summed E-state index contributed by atoms with van der Waals surface area (Å²) in [6.07, 6.45) is 2.16. The van der Waals surface area contributed by atoms with Crippen LogP contribution in [-0.2, 0) is 16.9 Å². The van der Waals surface area contributed by atoms with E-state index in [9.17, 15) is 13.2 Å². The number of hydrogen-bond acceptors (Lipinski definition) is 7. The van der Waals surface area contributed by atoms with Crippen molar-refractivity contribution in [1.82, 2.24) is 24.6 Å². The molecule has 0 N–H and O–H groups in total. The number of sulfone groups is 1. The second-order valence-electron chi connectivity index (χ2n) is 6.68. The lowest BCUT2D eigenvalue weighted by atomic mass is 10.1. The largest absolute Gasteiger partial charge is 0.339 e. The molecule has 0 unspecified atom stereocenters. The van der Waals surface area contributed by atoms with E-state index in [-0.39, 0.29) is 11.1 Å². The molecule has 0 saturated carbocycles. The van der Waals surface area contributed by atoms with Gasteiger partial charge >= 0.3 is 0 Å². The van der Waals surface area contributed by atoms with Crippen LogP contribution in [0.4, 0.5) is 0 Å². The summed E-state index contributed by atoms with van der Waals surface area (Å²) in [6, 6.07) is 5.51. The van der Waals surface area contributed by atoms with Crippen molar-refractivity contribution in [3.63, 3.8) is 0 Å². The van der Waals surface area contributed by atoms with E-state index >= 15 is 0 Å². The molecule has 3 heterocycles. The van der Waals surface area contributed by atoms with E-state index in [1.54, 1.807) is 29.4 Å². The van der Waals surface area contributed by atoms with Crippen molar-refractivity contribution in [3.8, 4) is 0 Å². The smallest absolute Gasteiger partial charge is 0.253 e. The van der Waals surface area contributed by atoms with E-state index in [4.69, 9.17) is 0 Å². The summed E-state index contributed by atoms with van der Waals surface area (Å²) < 4.78 is 27.9. The number of benzene rings is 1. The molecule has 0 spiro atoms. The molecule has 0 bridgehead atoms. The Bertz CT molecular complexity index is 1110. The van der Waals surface area contributed by atoms with Gasteiger partial charge in [-0.3, -0.25) is 4.79 Å². The third-order valence-corrected chi connectivity index (χ3v) is 8.00. The van der Waals surface area contributed by atoms with E-state index in [1.165, 1.54) is 10.9 Å². The molecule has 1 saturated heterocycles. The number of nitrogens with zero attached hydrogens (tertiary/aromatic N) is 5. The van der Waals surface area contributed by atoms with Crippen LogP contribution in [0.3, 0.4) is 0 Å². The van der Waals surface area contributed by atoms with Crippen LogP contribution in [0.25, 0.3) is 10.2 Å². The molecule has 27 heavy (non-hydrogen) atoms. The van der Waals surface area contributed by atoms with E-state index in [0.717, 1.165) is 15.2 Å². The summed E-state index contributed by atoms with van der Waals surface area (Å²) in [5, 5.41) is 7.79. The van der Waals surface area contributed by atoms with Gasteiger partial charge < -0.3 is 9.47 Å². The Hall–Kier alpha value is -2.33. The molecule has 0 aliphatic carbocycles. The van der Waals surface area contributed by atoms with Crippen LogP contribution < -0.4 is 0 Å². The number of piperidine rings is 1. The monoisotopic (exact) mass is 405 g/mol. The average Bonchev–Trinajstić information content (AvgIpc) is 3.25. The van der Waals surface area contributed by atoms with E-state index < -0.39 is 15.1 Å². The van der Waals surface area contributed by atoms with E-state index in [2.05, 4.69) is 15.2 Å². The van der Waals surface area contributed by atoms with Crippen molar-refractivity contribution in [2.75, 3.05) is 13.1 Å². The maximum atomic E-state index is 12.8. The first-order valence-electron chi connectivity index (χ1n) is 8.60. The summed E-state index contributed by atoms with van der Waals surface area (Å²) in [6.45, 7) is 2.75. The van der Waals surface area contributed by atoms with Crippen LogP contribution in [-0.4, -0.2) is 57.3 Å². The number of thiazole rings is 1. The fourth-order valence-electron chi connectivity index (χ4n) is 3.40. The highest BCUT2D eigenvalue weighted by Crippen LogP contribution is 2.26. The number of carbonyl (C=O) groups is 1. The topological polar surface area (TPSA) is 98.1 Å². The molecular formula is C17H19N5O3S2. The fraction of sp³-hybridized carbons (Fsp3) is 0.412. The Kier molecular flexibility index (Phi) is 4.47. The Morgan fingerprint density at radius 2 is 2.00 bits per heavy atom. The zero-order chi connectivity index (χ0) is 19.2. The molecule has 1 fully saturated rings. The lowest BCUT2D eigenvalue weighted by Gasteiger charge is -2.31. The fourth-order valence-corrected chi connectivity index (χ4v) is 6.01. The van der Waals surface area contributed by atoms with Crippen molar-refractivity contribution < 1.29 is 13.2 Å². The van der Waals surface area contributed by atoms with Crippen molar-refractivity contribution in [2.24, 2.45) is 7.05 Å². The Balaban J connectivity index is 1.48. The normalized spacial score (nSPS) is 16.1. The number of likely N-dealkylation sites (tertiary alicyclic amines) is 1. The van der Waals surface area contributed by atoms with Crippen LogP contribution in [0.15, 0.2) is 29.7 Å². The van der Waals surface area contributed by atoms with Gasteiger partial charge in [-0.15, -0.1) is 21.5 Å². The van der Waals surface area contributed by atoms with Crippen molar-refractivity contribution in [3.05, 3.63) is 35.1 Å². The number of fused-ring (bicyclic) bond motifs is 1. The van der Waals surface area contributed by atoms with Crippen LogP contribution in [0, 0.1) is 6.92 Å². The van der Waals surface area contributed by atoms with Gasteiger partial charge in [0.05, 0.1) is 20.5 Å². The first-order chi connectivity index (χ1) is 12.9. The number of amides is 1. The minimum atomic E-state index is -3.54. The zero-order valence-corrected chi connectivity index (χ0v) is 16.6. The molecule has 1 aromatic carbocycles.